The molecular weight excluding hydrogens is 295 g/mol. The van der Waals surface area contributed by atoms with Gasteiger partial charge in [-0.25, -0.2) is 4.39 Å². The first-order valence-electron chi connectivity index (χ1n) is 5.69. The highest BCUT2D eigenvalue weighted by atomic mass is 79.9. The van der Waals surface area contributed by atoms with E-state index in [0.29, 0.717) is 0 Å². The van der Waals surface area contributed by atoms with Crippen LogP contribution in [0.1, 0.15) is 28.4 Å². The highest BCUT2D eigenvalue weighted by Gasteiger charge is 2.15. The Bertz CT molecular complexity index is 529. The molecule has 0 heterocycles. The first-order valence-corrected chi connectivity index (χ1v) is 6.48. The Balaban J connectivity index is 2.44. The fourth-order valence-electron chi connectivity index (χ4n) is 2.06. The molecule has 1 N–H and O–H groups in total. The van der Waals surface area contributed by atoms with Crippen molar-refractivity contribution in [3.8, 4) is 0 Å². The van der Waals surface area contributed by atoms with E-state index in [0.717, 1.165) is 26.7 Å². The summed E-state index contributed by atoms with van der Waals surface area (Å²) < 4.78 is 14.0. The van der Waals surface area contributed by atoms with Gasteiger partial charge in [-0.05, 0) is 60.4 Å². The van der Waals surface area contributed by atoms with Gasteiger partial charge in [0, 0.05) is 4.47 Å². The lowest BCUT2D eigenvalue weighted by Crippen LogP contribution is -2.04. The number of rotatable bonds is 2. The van der Waals surface area contributed by atoms with Gasteiger partial charge in [0.05, 0.1) is 0 Å². The third kappa shape index (κ3) is 2.62. The molecule has 0 aliphatic rings. The largest absolute Gasteiger partial charge is 0.384 e. The van der Waals surface area contributed by atoms with Gasteiger partial charge < -0.3 is 5.11 Å². The fraction of sp³-hybridized carbons (Fsp3) is 0.200. The van der Waals surface area contributed by atoms with Crippen LogP contribution in [0, 0.1) is 19.7 Å². The maximum absolute atomic E-state index is 13.1. The van der Waals surface area contributed by atoms with Gasteiger partial charge in [-0.3, -0.25) is 0 Å². The molecule has 0 fully saturated rings. The molecule has 0 aliphatic carbocycles. The van der Waals surface area contributed by atoms with E-state index >= 15 is 0 Å². The van der Waals surface area contributed by atoms with Crippen molar-refractivity contribution in [1.29, 1.82) is 0 Å². The van der Waals surface area contributed by atoms with Gasteiger partial charge in [-0.15, -0.1) is 0 Å². The van der Waals surface area contributed by atoms with Crippen molar-refractivity contribution in [3.63, 3.8) is 0 Å². The molecule has 94 valence electrons. The zero-order valence-corrected chi connectivity index (χ0v) is 11.8. The second kappa shape index (κ2) is 5.21. The maximum Gasteiger partial charge on any atom is 0.123 e. The summed E-state index contributed by atoms with van der Waals surface area (Å²) in [5, 5.41) is 10.4. The van der Waals surface area contributed by atoms with Gasteiger partial charge in [0.15, 0.2) is 0 Å². The van der Waals surface area contributed by atoms with Crippen LogP contribution in [0.3, 0.4) is 0 Å². The van der Waals surface area contributed by atoms with E-state index in [9.17, 15) is 9.50 Å². The van der Waals surface area contributed by atoms with Crippen LogP contribution in [0.4, 0.5) is 4.39 Å². The average Bonchev–Trinajstić information content (AvgIpc) is 2.28. The van der Waals surface area contributed by atoms with Crippen LogP contribution in [0.5, 0.6) is 0 Å². The van der Waals surface area contributed by atoms with E-state index in [1.54, 1.807) is 13.0 Å². The predicted molar refractivity (Wildman–Crippen MR) is 74.1 cm³/mol. The van der Waals surface area contributed by atoms with Crippen LogP contribution in [-0.2, 0) is 0 Å². The van der Waals surface area contributed by atoms with Gasteiger partial charge in [-0.1, -0.05) is 28.1 Å². The predicted octanol–water partition coefficient (Wildman–Crippen LogP) is 4.29. The number of benzene rings is 2. The lowest BCUT2D eigenvalue weighted by Gasteiger charge is -2.16. The third-order valence-corrected chi connectivity index (χ3v) is 3.55. The molecule has 0 amide bonds. The minimum atomic E-state index is -0.723. The summed E-state index contributed by atoms with van der Waals surface area (Å²) in [4.78, 5) is 0. The Hall–Kier alpha value is -1.19. The molecule has 18 heavy (non-hydrogen) atoms. The summed E-state index contributed by atoms with van der Waals surface area (Å²) in [5.74, 6) is -0.282. The van der Waals surface area contributed by atoms with Gasteiger partial charge in [0.1, 0.15) is 11.9 Å². The van der Waals surface area contributed by atoms with E-state index in [2.05, 4.69) is 15.9 Å². The quantitative estimate of drug-likeness (QED) is 0.877. The molecule has 1 nitrogen and oxygen atoms in total. The minimum Gasteiger partial charge on any atom is -0.384 e. The van der Waals surface area contributed by atoms with Crippen molar-refractivity contribution >= 4 is 15.9 Å². The van der Waals surface area contributed by atoms with E-state index in [1.807, 2.05) is 25.1 Å². The van der Waals surface area contributed by atoms with Crippen LogP contribution >= 0.6 is 15.9 Å². The zero-order chi connectivity index (χ0) is 13.3. The Kier molecular flexibility index (Phi) is 3.83. The fourth-order valence-corrected chi connectivity index (χ4v) is 2.53. The Morgan fingerprint density at radius 1 is 1.00 bits per heavy atom. The van der Waals surface area contributed by atoms with Crippen LogP contribution in [0.2, 0.25) is 0 Å². The second-order valence-corrected chi connectivity index (χ2v) is 5.32. The van der Waals surface area contributed by atoms with E-state index < -0.39 is 6.10 Å². The molecule has 0 saturated heterocycles. The number of aryl methyl sites for hydroxylation is 2. The van der Waals surface area contributed by atoms with Crippen molar-refractivity contribution in [2.24, 2.45) is 0 Å². The minimum absolute atomic E-state index is 0.282. The second-order valence-electron chi connectivity index (χ2n) is 4.40. The lowest BCUT2D eigenvalue weighted by atomic mass is 9.94. The molecule has 0 saturated carbocycles. The van der Waals surface area contributed by atoms with E-state index in [4.69, 9.17) is 0 Å². The lowest BCUT2D eigenvalue weighted by molar-refractivity contribution is 0.218. The summed E-state index contributed by atoms with van der Waals surface area (Å²) in [6, 6.07) is 10.2. The Labute approximate surface area is 114 Å². The molecule has 2 rings (SSSR count). The number of hydrogen-bond acceptors (Lipinski definition) is 1. The first-order chi connectivity index (χ1) is 8.49. The van der Waals surface area contributed by atoms with E-state index in [1.165, 1.54) is 12.1 Å². The molecule has 1 atom stereocenters. The van der Waals surface area contributed by atoms with Crippen molar-refractivity contribution < 1.29 is 9.50 Å². The number of aliphatic hydroxyl groups is 1. The first kappa shape index (κ1) is 13.2. The van der Waals surface area contributed by atoms with Crippen molar-refractivity contribution in [1.82, 2.24) is 0 Å². The molecule has 0 aliphatic heterocycles. The molecule has 0 radical (unpaired) electrons. The normalized spacial score (nSPS) is 12.5. The van der Waals surface area contributed by atoms with Crippen molar-refractivity contribution in [2.75, 3.05) is 0 Å². The zero-order valence-electron chi connectivity index (χ0n) is 10.2. The standard InChI is InChI=1S/C15H14BrFO/c1-9-7-11(16)3-5-13(9)15(18)14-6-4-12(17)8-10(14)2/h3-8,15,18H,1-2H3. The molecule has 0 spiro atoms. The highest BCUT2D eigenvalue weighted by Crippen LogP contribution is 2.29. The number of halogens is 2. The average molecular weight is 309 g/mol. The smallest absolute Gasteiger partial charge is 0.123 e. The molecule has 2 aromatic carbocycles. The maximum atomic E-state index is 13.1. The van der Waals surface area contributed by atoms with Gasteiger partial charge in [-0.2, -0.15) is 0 Å². The molecule has 2 aromatic rings. The SMILES string of the molecule is Cc1cc(F)ccc1C(O)c1ccc(Br)cc1C. The topological polar surface area (TPSA) is 20.2 Å². The third-order valence-electron chi connectivity index (χ3n) is 3.05. The molecular formula is C15H14BrFO. The summed E-state index contributed by atoms with van der Waals surface area (Å²) >= 11 is 3.39. The van der Waals surface area contributed by atoms with Gasteiger partial charge >= 0.3 is 0 Å². The molecule has 0 bridgehead atoms. The summed E-state index contributed by atoms with van der Waals surface area (Å²) in [7, 11) is 0. The van der Waals surface area contributed by atoms with Crippen LogP contribution < -0.4 is 0 Å². The van der Waals surface area contributed by atoms with E-state index in [-0.39, 0.29) is 5.82 Å². The Morgan fingerprint density at radius 2 is 1.56 bits per heavy atom. The van der Waals surface area contributed by atoms with Crippen molar-refractivity contribution in [2.45, 2.75) is 20.0 Å². The molecule has 3 heteroatoms. The van der Waals surface area contributed by atoms with Crippen LogP contribution in [-0.4, -0.2) is 5.11 Å². The van der Waals surface area contributed by atoms with Gasteiger partial charge in [0.2, 0.25) is 0 Å². The number of aliphatic hydroxyl groups excluding tert-OH is 1. The summed E-state index contributed by atoms with van der Waals surface area (Å²) in [6.07, 6.45) is -0.723. The summed E-state index contributed by atoms with van der Waals surface area (Å²) in [5.41, 5.74) is 3.33. The molecule has 0 aromatic heterocycles. The molecule has 1 unspecified atom stereocenters. The Morgan fingerprint density at radius 3 is 2.11 bits per heavy atom. The highest BCUT2D eigenvalue weighted by molar-refractivity contribution is 9.10. The van der Waals surface area contributed by atoms with Crippen LogP contribution in [0.25, 0.3) is 0 Å². The summed E-state index contributed by atoms with van der Waals surface area (Å²) in [6.45, 7) is 3.75. The van der Waals surface area contributed by atoms with Crippen molar-refractivity contribution in [3.05, 3.63) is 68.9 Å². The van der Waals surface area contributed by atoms with Gasteiger partial charge in [0.25, 0.3) is 0 Å². The monoisotopic (exact) mass is 308 g/mol. The van der Waals surface area contributed by atoms with Crippen LogP contribution in [0.15, 0.2) is 40.9 Å². The number of hydrogen-bond donors (Lipinski definition) is 1.